The summed E-state index contributed by atoms with van der Waals surface area (Å²) in [4.78, 5) is 38.0. The van der Waals surface area contributed by atoms with Gasteiger partial charge in [0.05, 0.1) is 18.6 Å². The van der Waals surface area contributed by atoms with Gasteiger partial charge in [-0.25, -0.2) is 4.79 Å². The number of nitrogens with zero attached hydrogens (tertiary/aromatic N) is 1. The van der Waals surface area contributed by atoms with Crippen LogP contribution in [0.3, 0.4) is 0 Å². The largest absolute Gasteiger partial charge is 0.465 e. The zero-order chi connectivity index (χ0) is 19.4. The molecule has 0 aliphatic carbocycles. The average Bonchev–Trinajstić information content (AvgIpc) is 3.08. The highest BCUT2D eigenvalue weighted by atomic mass is 35.5. The Kier molecular flexibility index (Phi) is 5.76. The number of anilines is 1. The first-order valence-electron chi connectivity index (χ1n) is 8.49. The molecule has 0 saturated carbocycles. The van der Waals surface area contributed by atoms with E-state index in [1.807, 2.05) is 18.2 Å². The Morgan fingerprint density at radius 2 is 2.00 bits per heavy atom. The molecule has 1 aliphatic rings. The standard InChI is InChI=1S/C20H19ClN2O4/c1-27-20(26)13-6-4-7-16(9-13)23-12-15(10-18(23)24)19(25)22-11-14-5-2-3-8-17(14)21/h2-9,15H,10-12H2,1H3,(H,22,25). The van der Waals surface area contributed by atoms with Crippen LogP contribution in [0.2, 0.25) is 5.02 Å². The smallest absolute Gasteiger partial charge is 0.337 e. The van der Waals surface area contributed by atoms with Gasteiger partial charge in [-0.2, -0.15) is 0 Å². The molecular formula is C20H19ClN2O4. The van der Waals surface area contributed by atoms with Gasteiger partial charge < -0.3 is 15.0 Å². The second kappa shape index (κ2) is 8.22. The van der Waals surface area contributed by atoms with Crippen molar-refractivity contribution in [3.05, 3.63) is 64.7 Å². The summed E-state index contributed by atoms with van der Waals surface area (Å²) in [7, 11) is 1.30. The van der Waals surface area contributed by atoms with E-state index in [2.05, 4.69) is 5.32 Å². The number of rotatable bonds is 5. The monoisotopic (exact) mass is 386 g/mol. The first kappa shape index (κ1) is 18.9. The Hall–Kier alpha value is -2.86. The third-order valence-electron chi connectivity index (χ3n) is 4.49. The number of benzene rings is 2. The summed E-state index contributed by atoms with van der Waals surface area (Å²) >= 11 is 6.09. The van der Waals surface area contributed by atoms with Crippen molar-refractivity contribution in [3.63, 3.8) is 0 Å². The molecule has 2 aromatic rings. The van der Waals surface area contributed by atoms with E-state index in [0.29, 0.717) is 22.8 Å². The lowest BCUT2D eigenvalue weighted by atomic mass is 10.1. The topological polar surface area (TPSA) is 75.7 Å². The predicted octanol–water partition coefficient (Wildman–Crippen LogP) is 2.80. The molecule has 140 valence electrons. The minimum Gasteiger partial charge on any atom is -0.465 e. The molecule has 1 atom stereocenters. The van der Waals surface area contributed by atoms with Gasteiger partial charge in [-0.05, 0) is 29.8 Å². The molecule has 27 heavy (non-hydrogen) atoms. The van der Waals surface area contributed by atoms with Crippen molar-refractivity contribution in [1.29, 1.82) is 0 Å². The van der Waals surface area contributed by atoms with Crippen molar-refractivity contribution in [3.8, 4) is 0 Å². The van der Waals surface area contributed by atoms with Gasteiger partial charge in [-0.1, -0.05) is 35.9 Å². The van der Waals surface area contributed by atoms with Gasteiger partial charge in [-0.3, -0.25) is 9.59 Å². The van der Waals surface area contributed by atoms with Crippen molar-refractivity contribution >= 4 is 35.1 Å². The van der Waals surface area contributed by atoms with Crippen LogP contribution in [-0.2, 0) is 20.9 Å². The van der Waals surface area contributed by atoms with E-state index in [4.69, 9.17) is 16.3 Å². The van der Waals surface area contributed by atoms with Gasteiger partial charge in [0.2, 0.25) is 11.8 Å². The highest BCUT2D eigenvalue weighted by molar-refractivity contribution is 6.31. The molecular weight excluding hydrogens is 368 g/mol. The maximum absolute atomic E-state index is 12.5. The van der Waals surface area contributed by atoms with Crippen LogP contribution in [0.1, 0.15) is 22.3 Å². The van der Waals surface area contributed by atoms with Gasteiger partial charge in [0, 0.05) is 30.2 Å². The fraction of sp³-hybridized carbons (Fsp3) is 0.250. The molecule has 2 amide bonds. The number of amides is 2. The fourth-order valence-electron chi connectivity index (χ4n) is 3.02. The van der Waals surface area contributed by atoms with E-state index in [-0.39, 0.29) is 24.8 Å². The Bertz CT molecular complexity index is 884. The average molecular weight is 387 g/mol. The quantitative estimate of drug-likeness (QED) is 0.802. The van der Waals surface area contributed by atoms with Crippen LogP contribution in [-0.4, -0.2) is 31.4 Å². The first-order valence-corrected chi connectivity index (χ1v) is 8.87. The number of halogens is 1. The van der Waals surface area contributed by atoms with Crippen molar-refractivity contribution in [2.24, 2.45) is 5.92 Å². The minimum atomic E-state index is -0.475. The highest BCUT2D eigenvalue weighted by Crippen LogP contribution is 2.26. The van der Waals surface area contributed by atoms with Crippen LogP contribution in [0.15, 0.2) is 48.5 Å². The molecule has 7 heteroatoms. The number of carbonyl (C=O) groups excluding carboxylic acids is 3. The molecule has 0 aromatic heterocycles. The summed E-state index contributed by atoms with van der Waals surface area (Å²) in [6, 6.07) is 13.9. The normalized spacial score (nSPS) is 16.3. The van der Waals surface area contributed by atoms with Crippen LogP contribution in [0, 0.1) is 5.92 Å². The molecule has 1 fully saturated rings. The molecule has 2 aromatic carbocycles. The molecule has 1 N–H and O–H groups in total. The zero-order valence-corrected chi connectivity index (χ0v) is 15.5. The lowest BCUT2D eigenvalue weighted by Crippen LogP contribution is -2.32. The Labute approximate surface area is 162 Å². The molecule has 0 spiro atoms. The van der Waals surface area contributed by atoms with E-state index in [1.165, 1.54) is 12.0 Å². The van der Waals surface area contributed by atoms with Crippen molar-refractivity contribution in [2.75, 3.05) is 18.6 Å². The summed E-state index contributed by atoms with van der Waals surface area (Å²) in [6.07, 6.45) is 0.122. The number of methoxy groups -OCH3 is 1. The molecule has 1 heterocycles. The summed E-state index contributed by atoms with van der Waals surface area (Å²) in [6.45, 7) is 0.568. The lowest BCUT2D eigenvalue weighted by molar-refractivity contribution is -0.126. The van der Waals surface area contributed by atoms with Gasteiger partial charge in [0.1, 0.15) is 0 Å². The summed E-state index contributed by atoms with van der Waals surface area (Å²) in [5, 5.41) is 3.42. The number of esters is 1. The molecule has 0 radical (unpaired) electrons. The van der Waals surface area contributed by atoms with E-state index in [9.17, 15) is 14.4 Å². The number of hydrogen-bond donors (Lipinski definition) is 1. The van der Waals surface area contributed by atoms with Crippen molar-refractivity contribution in [1.82, 2.24) is 5.32 Å². The van der Waals surface area contributed by atoms with Crippen LogP contribution >= 0.6 is 11.6 Å². The molecule has 3 rings (SSSR count). The van der Waals surface area contributed by atoms with E-state index in [0.717, 1.165) is 5.56 Å². The lowest BCUT2D eigenvalue weighted by Gasteiger charge is -2.17. The zero-order valence-electron chi connectivity index (χ0n) is 14.8. The van der Waals surface area contributed by atoms with E-state index < -0.39 is 11.9 Å². The maximum Gasteiger partial charge on any atom is 0.337 e. The molecule has 0 bridgehead atoms. The molecule has 1 unspecified atom stereocenters. The van der Waals surface area contributed by atoms with Gasteiger partial charge in [0.15, 0.2) is 0 Å². The third kappa shape index (κ3) is 4.28. The predicted molar refractivity (Wildman–Crippen MR) is 102 cm³/mol. The summed E-state index contributed by atoms with van der Waals surface area (Å²) in [5.41, 5.74) is 1.75. The number of hydrogen-bond acceptors (Lipinski definition) is 4. The number of carbonyl (C=O) groups is 3. The Morgan fingerprint density at radius 3 is 2.74 bits per heavy atom. The Morgan fingerprint density at radius 1 is 1.22 bits per heavy atom. The van der Waals surface area contributed by atoms with Crippen molar-refractivity contribution in [2.45, 2.75) is 13.0 Å². The van der Waals surface area contributed by atoms with Crippen LogP contribution < -0.4 is 10.2 Å². The van der Waals surface area contributed by atoms with Crippen LogP contribution in [0.4, 0.5) is 5.69 Å². The fourth-order valence-corrected chi connectivity index (χ4v) is 3.22. The summed E-state index contributed by atoms with van der Waals surface area (Å²) < 4.78 is 4.71. The SMILES string of the molecule is COC(=O)c1cccc(N2CC(C(=O)NCc3ccccc3Cl)CC2=O)c1. The molecule has 1 saturated heterocycles. The second-order valence-electron chi connectivity index (χ2n) is 6.26. The van der Waals surface area contributed by atoms with Gasteiger partial charge in [-0.15, -0.1) is 0 Å². The number of ether oxygens (including phenoxy) is 1. The van der Waals surface area contributed by atoms with Crippen LogP contribution in [0.5, 0.6) is 0 Å². The highest BCUT2D eigenvalue weighted by Gasteiger charge is 2.35. The maximum atomic E-state index is 12.5. The number of nitrogens with one attached hydrogen (secondary N) is 1. The van der Waals surface area contributed by atoms with E-state index in [1.54, 1.807) is 30.3 Å². The minimum absolute atomic E-state index is 0.122. The molecule has 6 nitrogen and oxygen atoms in total. The second-order valence-corrected chi connectivity index (χ2v) is 6.66. The van der Waals surface area contributed by atoms with Gasteiger partial charge >= 0.3 is 5.97 Å². The third-order valence-corrected chi connectivity index (χ3v) is 4.85. The van der Waals surface area contributed by atoms with E-state index >= 15 is 0 Å². The summed E-state index contributed by atoms with van der Waals surface area (Å²) in [5.74, 6) is -1.29. The molecule has 1 aliphatic heterocycles. The van der Waals surface area contributed by atoms with Crippen molar-refractivity contribution < 1.29 is 19.1 Å². The van der Waals surface area contributed by atoms with Crippen LogP contribution in [0.25, 0.3) is 0 Å². The Balaban J connectivity index is 1.65. The first-order chi connectivity index (χ1) is 13.0. The van der Waals surface area contributed by atoms with Gasteiger partial charge in [0.25, 0.3) is 0 Å².